The van der Waals surface area contributed by atoms with E-state index in [2.05, 4.69) is 66.1 Å². The number of para-hydroxylation sites is 1. The molecule has 1 heterocycles. The fraction of sp³-hybridized carbons (Fsp3) is 0.533. The van der Waals surface area contributed by atoms with E-state index in [1.54, 1.807) is 0 Å². The van der Waals surface area contributed by atoms with Crippen molar-refractivity contribution in [2.24, 2.45) is 18.4 Å². The lowest BCUT2D eigenvalue weighted by atomic mass is 9.79. The van der Waals surface area contributed by atoms with Crippen molar-refractivity contribution in [2.45, 2.75) is 27.2 Å². The molecule has 0 amide bonds. The Morgan fingerprint density at radius 1 is 1.28 bits per heavy atom. The fourth-order valence-electron chi connectivity index (χ4n) is 2.27. The first kappa shape index (κ1) is 13.6. The number of aryl methyl sites for hydroxylation is 1. The number of benzene rings is 1. The molecule has 98 valence electrons. The van der Waals surface area contributed by atoms with Crippen LogP contribution in [0.5, 0.6) is 0 Å². The van der Waals surface area contributed by atoms with Crippen LogP contribution in [0.3, 0.4) is 0 Å². The molecule has 3 heteroatoms. The highest BCUT2D eigenvalue weighted by Gasteiger charge is 2.25. The van der Waals surface area contributed by atoms with Gasteiger partial charge in [0.25, 0.3) is 0 Å². The fourth-order valence-corrected chi connectivity index (χ4v) is 3.47. The van der Waals surface area contributed by atoms with E-state index in [-0.39, 0.29) is 0 Å². The van der Waals surface area contributed by atoms with E-state index in [1.165, 1.54) is 16.6 Å². The van der Waals surface area contributed by atoms with E-state index in [0.717, 1.165) is 11.8 Å². The monoisotopic (exact) mass is 308 g/mol. The topological polar surface area (TPSA) is 17.8 Å². The second-order valence-electron chi connectivity index (χ2n) is 6.01. The zero-order valence-electron chi connectivity index (χ0n) is 11.6. The highest BCUT2D eigenvalue weighted by molar-refractivity contribution is 9.09. The zero-order chi connectivity index (χ0) is 13.3. The van der Waals surface area contributed by atoms with Gasteiger partial charge in [-0.2, -0.15) is 5.10 Å². The number of hydrogen-bond donors (Lipinski definition) is 0. The van der Waals surface area contributed by atoms with Gasteiger partial charge >= 0.3 is 0 Å². The minimum Gasteiger partial charge on any atom is -0.268 e. The van der Waals surface area contributed by atoms with Gasteiger partial charge in [-0.3, -0.25) is 4.68 Å². The van der Waals surface area contributed by atoms with Crippen molar-refractivity contribution in [1.29, 1.82) is 0 Å². The summed E-state index contributed by atoms with van der Waals surface area (Å²) in [5.41, 5.74) is 2.73. The summed E-state index contributed by atoms with van der Waals surface area (Å²) in [4.78, 5) is 0. The molecule has 0 radical (unpaired) electrons. The van der Waals surface area contributed by atoms with Gasteiger partial charge < -0.3 is 0 Å². The number of nitrogens with zero attached hydrogens (tertiary/aromatic N) is 2. The molecular formula is C15H21BrN2. The van der Waals surface area contributed by atoms with Crippen LogP contribution in [0.25, 0.3) is 10.9 Å². The summed E-state index contributed by atoms with van der Waals surface area (Å²) in [5.74, 6) is 0.593. The molecule has 1 aromatic heterocycles. The van der Waals surface area contributed by atoms with Crippen molar-refractivity contribution < 1.29 is 0 Å². The molecule has 1 aromatic carbocycles. The van der Waals surface area contributed by atoms with Gasteiger partial charge in [-0.15, -0.1) is 0 Å². The second kappa shape index (κ2) is 5.04. The van der Waals surface area contributed by atoms with Gasteiger partial charge in [-0.05, 0) is 23.8 Å². The van der Waals surface area contributed by atoms with Crippen LogP contribution < -0.4 is 0 Å². The molecule has 0 saturated heterocycles. The van der Waals surface area contributed by atoms with Gasteiger partial charge in [0.05, 0.1) is 11.2 Å². The van der Waals surface area contributed by atoms with Crippen molar-refractivity contribution in [3.63, 3.8) is 0 Å². The Morgan fingerprint density at radius 3 is 2.56 bits per heavy atom. The predicted octanol–water partition coefficient (Wildman–Crippen LogP) is 4.17. The van der Waals surface area contributed by atoms with Crippen LogP contribution in [-0.4, -0.2) is 15.1 Å². The summed E-state index contributed by atoms with van der Waals surface area (Å²) in [6, 6.07) is 8.46. The number of aromatic nitrogens is 2. The Morgan fingerprint density at radius 2 is 1.94 bits per heavy atom. The van der Waals surface area contributed by atoms with Gasteiger partial charge in [0, 0.05) is 17.8 Å². The molecule has 2 aromatic rings. The minimum atomic E-state index is 0.294. The first-order valence-electron chi connectivity index (χ1n) is 6.40. The summed E-state index contributed by atoms with van der Waals surface area (Å²) in [6.07, 6.45) is 1.02. The molecule has 2 rings (SSSR count). The lowest BCUT2D eigenvalue weighted by Gasteiger charge is -2.28. The Bertz CT molecular complexity index is 537. The molecule has 0 N–H and O–H groups in total. The van der Waals surface area contributed by atoms with Gasteiger partial charge in [-0.1, -0.05) is 54.9 Å². The van der Waals surface area contributed by atoms with E-state index in [1.807, 2.05) is 11.7 Å². The van der Waals surface area contributed by atoms with Gasteiger partial charge in [0.1, 0.15) is 0 Å². The Hall–Kier alpha value is -0.830. The number of rotatable bonds is 3. The van der Waals surface area contributed by atoms with Crippen molar-refractivity contribution in [3.8, 4) is 0 Å². The van der Waals surface area contributed by atoms with Crippen molar-refractivity contribution >= 4 is 26.8 Å². The number of fused-ring (bicyclic) bond motifs is 1. The molecule has 2 nitrogen and oxygen atoms in total. The molecular weight excluding hydrogens is 288 g/mol. The van der Waals surface area contributed by atoms with E-state index in [4.69, 9.17) is 0 Å². The minimum absolute atomic E-state index is 0.294. The van der Waals surface area contributed by atoms with E-state index in [0.29, 0.717) is 11.3 Å². The first-order valence-corrected chi connectivity index (χ1v) is 7.52. The number of hydrogen-bond acceptors (Lipinski definition) is 1. The molecule has 1 atom stereocenters. The largest absolute Gasteiger partial charge is 0.268 e. The zero-order valence-corrected chi connectivity index (χ0v) is 13.2. The molecule has 0 spiro atoms. The summed E-state index contributed by atoms with van der Waals surface area (Å²) in [7, 11) is 2.02. The first-order chi connectivity index (χ1) is 8.43. The third-order valence-corrected chi connectivity index (χ3v) is 4.47. The van der Waals surface area contributed by atoms with E-state index in [9.17, 15) is 0 Å². The van der Waals surface area contributed by atoms with Crippen LogP contribution in [-0.2, 0) is 13.5 Å². The quantitative estimate of drug-likeness (QED) is 0.778. The second-order valence-corrected chi connectivity index (χ2v) is 6.66. The maximum absolute atomic E-state index is 4.69. The Labute approximate surface area is 118 Å². The molecule has 0 aliphatic heterocycles. The van der Waals surface area contributed by atoms with Crippen LogP contribution >= 0.6 is 15.9 Å². The molecule has 1 unspecified atom stereocenters. The smallest absolute Gasteiger partial charge is 0.0706 e. The Kier molecular flexibility index (Phi) is 3.81. The SMILES string of the molecule is Cn1nc(CC(CBr)C(C)(C)C)c2ccccc21. The number of alkyl halides is 1. The molecule has 0 aliphatic rings. The third kappa shape index (κ3) is 2.61. The molecule has 0 saturated carbocycles. The summed E-state index contributed by atoms with van der Waals surface area (Å²) in [5, 5.41) is 6.99. The van der Waals surface area contributed by atoms with Crippen LogP contribution in [0.4, 0.5) is 0 Å². The van der Waals surface area contributed by atoms with Crippen molar-refractivity contribution in [2.75, 3.05) is 5.33 Å². The van der Waals surface area contributed by atoms with Crippen molar-refractivity contribution in [3.05, 3.63) is 30.0 Å². The summed E-state index contributed by atoms with van der Waals surface area (Å²) < 4.78 is 1.98. The maximum Gasteiger partial charge on any atom is 0.0706 e. The van der Waals surface area contributed by atoms with Gasteiger partial charge in [-0.25, -0.2) is 0 Å². The summed E-state index contributed by atoms with van der Waals surface area (Å²) in [6.45, 7) is 6.89. The van der Waals surface area contributed by atoms with Gasteiger partial charge in [0.15, 0.2) is 0 Å². The number of halogens is 1. The van der Waals surface area contributed by atoms with Crippen molar-refractivity contribution in [1.82, 2.24) is 9.78 Å². The Balaban J connectivity index is 2.37. The van der Waals surface area contributed by atoms with Gasteiger partial charge in [0.2, 0.25) is 0 Å². The highest BCUT2D eigenvalue weighted by atomic mass is 79.9. The van der Waals surface area contributed by atoms with Crippen LogP contribution in [0.1, 0.15) is 26.5 Å². The van der Waals surface area contributed by atoms with E-state index < -0.39 is 0 Å². The molecule has 0 fully saturated rings. The lowest BCUT2D eigenvalue weighted by Crippen LogP contribution is -2.24. The molecule has 0 aliphatic carbocycles. The normalized spacial score (nSPS) is 14.1. The summed E-state index contributed by atoms with van der Waals surface area (Å²) >= 11 is 3.65. The third-order valence-electron chi connectivity index (χ3n) is 3.69. The lowest BCUT2D eigenvalue weighted by molar-refractivity contribution is 0.265. The maximum atomic E-state index is 4.69. The molecule has 0 bridgehead atoms. The van der Waals surface area contributed by atoms with Crippen LogP contribution in [0, 0.1) is 11.3 Å². The van der Waals surface area contributed by atoms with Crippen LogP contribution in [0.2, 0.25) is 0 Å². The van der Waals surface area contributed by atoms with Crippen LogP contribution in [0.15, 0.2) is 24.3 Å². The standard InChI is InChI=1S/C15H21BrN2/c1-15(2,3)11(10-16)9-13-12-7-5-6-8-14(12)18(4)17-13/h5-8,11H,9-10H2,1-4H3. The average Bonchev–Trinajstić information content (AvgIpc) is 2.62. The average molecular weight is 309 g/mol. The predicted molar refractivity (Wildman–Crippen MR) is 81.2 cm³/mol. The molecule has 18 heavy (non-hydrogen) atoms. The highest BCUT2D eigenvalue weighted by Crippen LogP contribution is 2.32. The van der Waals surface area contributed by atoms with E-state index >= 15 is 0 Å².